The maximum absolute atomic E-state index is 13.3. The number of nitrogens with zero attached hydrogens (tertiary/aromatic N) is 1. The van der Waals surface area contributed by atoms with Crippen LogP contribution >= 0.6 is 15.9 Å². The predicted molar refractivity (Wildman–Crippen MR) is 158 cm³/mol. The Labute approximate surface area is 249 Å². The number of barbiturate groups is 1. The van der Waals surface area contributed by atoms with Crippen LogP contribution in [-0.4, -0.2) is 25.0 Å². The second-order valence-corrected chi connectivity index (χ2v) is 10.1. The summed E-state index contributed by atoms with van der Waals surface area (Å²) in [4.78, 5) is 39.5. The number of benzene rings is 4. The molecule has 4 aromatic carbocycles. The minimum atomic E-state index is -0.854. The Balaban J connectivity index is 1.30. The molecular weight excluding hydrogens is 607 g/mol. The Kier molecular flexibility index (Phi) is 8.63. The lowest BCUT2D eigenvalue weighted by atomic mass is 10.1. The Hall–Kier alpha value is -4.96. The van der Waals surface area contributed by atoms with Crippen molar-refractivity contribution < 1.29 is 33.0 Å². The molecule has 4 amide bonds. The highest BCUT2D eigenvalue weighted by atomic mass is 79.9. The smallest absolute Gasteiger partial charge is 0.335 e. The lowest BCUT2D eigenvalue weighted by Crippen LogP contribution is -2.54. The summed E-state index contributed by atoms with van der Waals surface area (Å²) in [6.45, 7) is 0.528. The third-order valence-corrected chi connectivity index (χ3v) is 6.85. The number of urea groups is 1. The van der Waals surface area contributed by atoms with Gasteiger partial charge in [-0.2, -0.15) is 0 Å². The SMILES string of the molecule is COc1cc(/C=C2\C(=O)NC(=O)N(c3ccc(OCc4ccc(Br)cc4)cc3)C2=O)ccc1OCc1ccc(F)cc1. The largest absolute Gasteiger partial charge is 0.493 e. The molecule has 0 atom stereocenters. The first kappa shape index (κ1) is 28.6. The number of carbonyl (C=O) groups excluding carboxylic acids is 3. The standard InChI is InChI=1S/C32H24BrFN2O6/c1-40-29-17-22(6-15-28(29)42-19-21-4-9-24(34)10-5-21)16-27-30(37)35-32(39)36(31(27)38)25-11-13-26(14-12-25)41-18-20-2-7-23(33)8-3-20/h2-17H,18-19H2,1H3,(H,35,37,39)/b27-16+. The van der Waals surface area contributed by atoms with E-state index in [9.17, 15) is 18.8 Å². The van der Waals surface area contributed by atoms with E-state index in [1.807, 2.05) is 24.3 Å². The molecule has 1 saturated heterocycles. The first-order chi connectivity index (χ1) is 20.3. The van der Waals surface area contributed by atoms with E-state index in [0.29, 0.717) is 29.4 Å². The number of hydrogen-bond acceptors (Lipinski definition) is 6. The number of ether oxygens (including phenoxy) is 3. The van der Waals surface area contributed by atoms with Crippen LogP contribution in [0.5, 0.6) is 17.2 Å². The number of carbonyl (C=O) groups is 3. The minimum Gasteiger partial charge on any atom is -0.493 e. The van der Waals surface area contributed by atoms with Crippen LogP contribution in [0.1, 0.15) is 16.7 Å². The van der Waals surface area contributed by atoms with Crippen molar-refractivity contribution in [3.05, 3.63) is 124 Å². The van der Waals surface area contributed by atoms with Crippen LogP contribution in [0.3, 0.4) is 0 Å². The highest BCUT2D eigenvalue weighted by Crippen LogP contribution is 2.31. The third-order valence-electron chi connectivity index (χ3n) is 6.32. The predicted octanol–water partition coefficient (Wildman–Crippen LogP) is 6.42. The number of halogens is 2. The molecule has 0 aliphatic carbocycles. The molecule has 1 aliphatic heterocycles. The maximum Gasteiger partial charge on any atom is 0.335 e. The van der Waals surface area contributed by atoms with Crippen LogP contribution in [-0.2, 0) is 22.8 Å². The fourth-order valence-electron chi connectivity index (χ4n) is 4.13. The number of imide groups is 2. The summed E-state index contributed by atoms with van der Waals surface area (Å²) in [5, 5.41) is 2.22. The number of hydrogen-bond donors (Lipinski definition) is 1. The Bertz CT molecular complexity index is 1650. The van der Waals surface area contributed by atoms with Crippen molar-refractivity contribution in [3.8, 4) is 17.2 Å². The molecule has 4 aromatic rings. The van der Waals surface area contributed by atoms with Crippen molar-refractivity contribution in [1.29, 1.82) is 0 Å². The van der Waals surface area contributed by atoms with Gasteiger partial charge in [0.2, 0.25) is 0 Å². The van der Waals surface area contributed by atoms with E-state index in [1.165, 1.54) is 25.3 Å². The molecule has 0 saturated carbocycles. The maximum atomic E-state index is 13.3. The number of amides is 4. The van der Waals surface area contributed by atoms with Gasteiger partial charge in [-0.1, -0.05) is 46.3 Å². The first-order valence-electron chi connectivity index (χ1n) is 12.7. The number of anilines is 1. The average molecular weight is 631 g/mol. The topological polar surface area (TPSA) is 94.2 Å². The summed E-state index contributed by atoms with van der Waals surface area (Å²) in [5.41, 5.74) is 2.26. The zero-order chi connectivity index (χ0) is 29.6. The molecule has 8 nitrogen and oxygen atoms in total. The molecule has 0 bridgehead atoms. The highest BCUT2D eigenvalue weighted by Gasteiger charge is 2.36. The molecule has 1 aliphatic rings. The van der Waals surface area contributed by atoms with Crippen molar-refractivity contribution in [1.82, 2.24) is 5.32 Å². The molecule has 5 rings (SSSR count). The quantitative estimate of drug-likeness (QED) is 0.169. The molecule has 212 valence electrons. The van der Waals surface area contributed by atoms with Crippen LogP contribution in [0, 0.1) is 5.82 Å². The van der Waals surface area contributed by atoms with Crippen molar-refractivity contribution in [2.45, 2.75) is 13.2 Å². The van der Waals surface area contributed by atoms with Crippen LogP contribution in [0.2, 0.25) is 0 Å². The van der Waals surface area contributed by atoms with Crippen LogP contribution < -0.4 is 24.4 Å². The molecule has 0 radical (unpaired) electrons. The van der Waals surface area contributed by atoms with E-state index in [0.717, 1.165) is 20.5 Å². The van der Waals surface area contributed by atoms with Gasteiger partial charge >= 0.3 is 6.03 Å². The summed E-state index contributed by atoms with van der Waals surface area (Å²) in [5.74, 6) is -0.597. The number of rotatable bonds is 9. The van der Waals surface area contributed by atoms with Gasteiger partial charge in [-0.25, -0.2) is 14.1 Å². The molecule has 1 fully saturated rings. The summed E-state index contributed by atoms with van der Waals surface area (Å²) in [6, 6.07) is 24.1. The molecule has 0 unspecified atom stereocenters. The van der Waals surface area contributed by atoms with E-state index in [2.05, 4.69) is 21.2 Å². The van der Waals surface area contributed by atoms with Gasteiger partial charge in [0.25, 0.3) is 11.8 Å². The Morgan fingerprint density at radius 1 is 0.810 bits per heavy atom. The monoisotopic (exact) mass is 630 g/mol. The van der Waals surface area contributed by atoms with Gasteiger partial charge in [-0.05, 0) is 83.4 Å². The second kappa shape index (κ2) is 12.7. The average Bonchev–Trinajstić information content (AvgIpc) is 2.99. The van der Waals surface area contributed by atoms with E-state index in [-0.39, 0.29) is 23.7 Å². The Morgan fingerprint density at radius 2 is 1.45 bits per heavy atom. The first-order valence-corrected chi connectivity index (χ1v) is 13.5. The summed E-state index contributed by atoms with van der Waals surface area (Å²) in [7, 11) is 1.46. The summed E-state index contributed by atoms with van der Waals surface area (Å²) in [6.07, 6.45) is 1.37. The van der Waals surface area contributed by atoms with E-state index >= 15 is 0 Å². The van der Waals surface area contributed by atoms with Gasteiger partial charge in [-0.3, -0.25) is 14.9 Å². The van der Waals surface area contributed by atoms with Crippen molar-refractivity contribution in [2.24, 2.45) is 0 Å². The summed E-state index contributed by atoms with van der Waals surface area (Å²) >= 11 is 3.40. The van der Waals surface area contributed by atoms with Gasteiger partial charge in [0.05, 0.1) is 12.8 Å². The van der Waals surface area contributed by atoms with Gasteiger partial charge in [0.1, 0.15) is 30.4 Å². The van der Waals surface area contributed by atoms with Crippen LogP contribution in [0.15, 0.2) is 101 Å². The number of methoxy groups -OCH3 is 1. The third kappa shape index (κ3) is 6.67. The molecule has 10 heteroatoms. The molecule has 0 aromatic heterocycles. The molecule has 1 N–H and O–H groups in total. The van der Waals surface area contributed by atoms with Crippen molar-refractivity contribution in [3.63, 3.8) is 0 Å². The highest BCUT2D eigenvalue weighted by molar-refractivity contribution is 9.10. The fraction of sp³-hybridized carbons (Fsp3) is 0.0938. The summed E-state index contributed by atoms with van der Waals surface area (Å²) < 4.78 is 31.2. The second-order valence-electron chi connectivity index (χ2n) is 9.19. The van der Waals surface area contributed by atoms with Crippen molar-refractivity contribution >= 4 is 45.5 Å². The van der Waals surface area contributed by atoms with Gasteiger partial charge < -0.3 is 14.2 Å². The molecular formula is C32H24BrFN2O6. The molecule has 0 spiro atoms. The van der Waals surface area contributed by atoms with Gasteiger partial charge in [-0.15, -0.1) is 0 Å². The van der Waals surface area contributed by atoms with E-state index in [4.69, 9.17) is 14.2 Å². The molecule has 42 heavy (non-hydrogen) atoms. The lowest BCUT2D eigenvalue weighted by molar-refractivity contribution is -0.122. The normalized spacial score (nSPS) is 14.1. The van der Waals surface area contributed by atoms with Crippen LogP contribution in [0.25, 0.3) is 6.08 Å². The lowest BCUT2D eigenvalue weighted by Gasteiger charge is -2.26. The minimum absolute atomic E-state index is 0.184. The Morgan fingerprint density at radius 3 is 2.12 bits per heavy atom. The van der Waals surface area contributed by atoms with Gasteiger partial charge in [0.15, 0.2) is 11.5 Å². The zero-order valence-corrected chi connectivity index (χ0v) is 23.9. The number of nitrogens with one attached hydrogen (secondary N) is 1. The zero-order valence-electron chi connectivity index (χ0n) is 22.3. The van der Waals surface area contributed by atoms with E-state index < -0.39 is 17.8 Å². The van der Waals surface area contributed by atoms with Crippen LogP contribution in [0.4, 0.5) is 14.9 Å². The van der Waals surface area contributed by atoms with Crippen molar-refractivity contribution in [2.75, 3.05) is 12.0 Å². The fourth-order valence-corrected chi connectivity index (χ4v) is 4.40. The van der Waals surface area contributed by atoms with E-state index in [1.54, 1.807) is 54.6 Å². The van der Waals surface area contributed by atoms with Gasteiger partial charge in [0, 0.05) is 4.47 Å². The molecule has 1 heterocycles.